The van der Waals surface area contributed by atoms with Crippen molar-refractivity contribution >= 4 is 39.2 Å². The molecule has 0 atom stereocenters. The number of benzene rings is 3. The summed E-state index contributed by atoms with van der Waals surface area (Å²) in [5, 5.41) is 3.26. The van der Waals surface area contributed by atoms with Gasteiger partial charge in [0.25, 0.3) is 0 Å². The van der Waals surface area contributed by atoms with E-state index in [1.54, 1.807) is 0 Å². The maximum atomic E-state index is 13.0. The molecule has 3 heterocycles. The fraction of sp³-hybridized carbons (Fsp3) is 0.472. The molecule has 0 unspecified atom stereocenters. The molecule has 5 nitrogen and oxygen atoms in total. The van der Waals surface area contributed by atoms with E-state index >= 15 is 0 Å². The summed E-state index contributed by atoms with van der Waals surface area (Å²) in [5.74, 6) is 0.825. The number of ketones is 1. The molecule has 0 aliphatic carbocycles. The van der Waals surface area contributed by atoms with Gasteiger partial charge in [0.2, 0.25) is 0 Å². The topological polar surface area (TPSA) is 37.7 Å². The summed E-state index contributed by atoms with van der Waals surface area (Å²) in [6.07, 6.45) is 8.72. The zero-order chi connectivity index (χ0) is 28.9. The van der Waals surface area contributed by atoms with Crippen molar-refractivity contribution in [3.05, 3.63) is 76.8 Å². The molecule has 6 heteroatoms. The van der Waals surface area contributed by atoms with E-state index in [0.29, 0.717) is 22.8 Å². The average Bonchev–Trinajstić information content (AvgIpc) is 3.12. The molecule has 2 aliphatic heterocycles. The van der Waals surface area contributed by atoms with Gasteiger partial charge in [0.05, 0.1) is 5.02 Å². The highest BCUT2D eigenvalue weighted by Gasteiger charge is 2.22. The zero-order valence-electron chi connectivity index (χ0n) is 25.0. The summed E-state index contributed by atoms with van der Waals surface area (Å²) in [7, 11) is 0. The lowest BCUT2D eigenvalue weighted by Gasteiger charge is -2.32. The number of para-hydroxylation sites is 1. The standard InChI is InChI=1S/C36H44ClN3O2/c1-2-40-33-11-6-5-10-30(33)31-24-27(13-16-34(31)40)26-39-22-17-29(18-23-39)42-36-25-28(14-15-32(36)37)35(41)12-9-21-38-19-7-3-4-8-20-38/h5-6,10-11,13-16,24-25,29H,2-4,7-9,12,17-23,26H2,1H3. The van der Waals surface area contributed by atoms with Gasteiger partial charge in [0, 0.05) is 60.0 Å². The molecule has 0 radical (unpaired) electrons. The maximum absolute atomic E-state index is 13.0. The number of fused-ring (bicyclic) bond motifs is 3. The Bertz CT molecular complexity index is 1510. The summed E-state index contributed by atoms with van der Waals surface area (Å²) in [6, 6.07) is 21.2. The zero-order valence-corrected chi connectivity index (χ0v) is 25.7. The van der Waals surface area contributed by atoms with E-state index in [0.717, 1.165) is 52.0 Å². The Balaban J connectivity index is 1.02. The van der Waals surface area contributed by atoms with Gasteiger partial charge in [-0.3, -0.25) is 9.69 Å². The van der Waals surface area contributed by atoms with Crippen LogP contribution in [0, 0.1) is 0 Å². The Morgan fingerprint density at radius 2 is 1.62 bits per heavy atom. The van der Waals surface area contributed by atoms with Gasteiger partial charge in [0.1, 0.15) is 11.9 Å². The first-order chi connectivity index (χ1) is 20.6. The molecule has 2 saturated heterocycles. The molecule has 0 amide bonds. The number of nitrogens with zero attached hydrogens (tertiary/aromatic N) is 3. The van der Waals surface area contributed by atoms with Gasteiger partial charge in [-0.25, -0.2) is 0 Å². The lowest BCUT2D eigenvalue weighted by molar-refractivity contribution is 0.0949. The largest absolute Gasteiger partial charge is 0.489 e. The maximum Gasteiger partial charge on any atom is 0.163 e. The summed E-state index contributed by atoms with van der Waals surface area (Å²) in [4.78, 5) is 18.0. The third-order valence-electron chi connectivity index (χ3n) is 9.22. The molecule has 2 aliphatic rings. The molecule has 2 fully saturated rings. The monoisotopic (exact) mass is 585 g/mol. The van der Waals surface area contributed by atoms with E-state index in [9.17, 15) is 4.79 Å². The van der Waals surface area contributed by atoms with E-state index in [4.69, 9.17) is 16.3 Å². The molecule has 0 N–H and O–H groups in total. The lowest BCUT2D eigenvalue weighted by Crippen LogP contribution is -2.37. The van der Waals surface area contributed by atoms with Crippen molar-refractivity contribution in [3.63, 3.8) is 0 Å². The number of aromatic nitrogens is 1. The highest BCUT2D eigenvalue weighted by molar-refractivity contribution is 6.32. The highest BCUT2D eigenvalue weighted by Crippen LogP contribution is 2.32. The Morgan fingerprint density at radius 3 is 2.40 bits per heavy atom. The second kappa shape index (κ2) is 13.6. The predicted molar refractivity (Wildman–Crippen MR) is 174 cm³/mol. The van der Waals surface area contributed by atoms with Crippen molar-refractivity contribution in [2.75, 3.05) is 32.7 Å². The Morgan fingerprint density at radius 1 is 0.857 bits per heavy atom. The van der Waals surface area contributed by atoms with E-state index in [1.165, 1.54) is 66.1 Å². The van der Waals surface area contributed by atoms with Crippen molar-refractivity contribution in [1.82, 2.24) is 14.4 Å². The number of Topliss-reactive ketones (excluding diaryl/α,β-unsaturated/α-hetero) is 1. The Kier molecular flexibility index (Phi) is 9.48. The average molecular weight is 586 g/mol. The summed E-state index contributed by atoms with van der Waals surface area (Å²) >= 11 is 6.52. The first-order valence-electron chi connectivity index (χ1n) is 16.0. The van der Waals surface area contributed by atoms with Crippen LogP contribution in [-0.4, -0.2) is 59.0 Å². The second-order valence-corrected chi connectivity index (χ2v) is 12.5. The molecule has 3 aromatic carbocycles. The van der Waals surface area contributed by atoms with Gasteiger partial charge in [-0.2, -0.15) is 0 Å². The summed E-state index contributed by atoms with van der Waals surface area (Å²) in [5.41, 5.74) is 4.68. The van der Waals surface area contributed by atoms with Crippen LogP contribution in [0.15, 0.2) is 60.7 Å². The van der Waals surface area contributed by atoms with Crippen molar-refractivity contribution in [2.24, 2.45) is 0 Å². The van der Waals surface area contributed by atoms with Gasteiger partial charge in [-0.1, -0.05) is 48.7 Å². The molecule has 222 valence electrons. The number of aryl methyl sites for hydroxylation is 1. The molecule has 0 saturated carbocycles. The Labute approximate surface area is 255 Å². The second-order valence-electron chi connectivity index (χ2n) is 12.1. The number of hydrogen-bond donors (Lipinski definition) is 0. The van der Waals surface area contributed by atoms with Crippen LogP contribution in [0.3, 0.4) is 0 Å². The number of carbonyl (C=O) groups is 1. The quantitative estimate of drug-likeness (QED) is 0.175. The van der Waals surface area contributed by atoms with Gasteiger partial charge in [-0.05, 0) is 101 Å². The molecule has 42 heavy (non-hydrogen) atoms. The van der Waals surface area contributed by atoms with Crippen LogP contribution in [0.4, 0.5) is 0 Å². The van der Waals surface area contributed by atoms with Crippen LogP contribution in [-0.2, 0) is 13.1 Å². The summed E-state index contributed by atoms with van der Waals surface area (Å²) in [6.45, 7) is 9.44. The van der Waals surface area contributed by atoms with Crippen LogP contribution < -0.4 is 4.74 Å². The van der Waals surface area contributed by atoms with E-state index in [2.05, 4.69) is 63.8 Å². The van der Waals surface area contributed by atoms with Crippen molar-refractivity contribution in [3.8, 4) is 5.75 Å². The third kappa shape index (κ3) is 6.69. The molecular weight excluding hydrogens is 542 g/mol. The summed E-state index contributed by atoms with van der Waals surface area (Å²) < 4.78 is 8.79. The predicted octanol–water partition coefficient (Wildman–Crippen LogP) is 8.35. The fourth-order valence-electron chi connectivity index (χ4n) is 6.90. The highest BCUT2D eigenvalue weighted by atomic mass is 35.5. The molecule has 0 spiro atoms. The Hall–Kier alpha value is -2.86. The van der Waals surface area contributed by atoms with Crippen LogP contribution in [0.25, 0.3) is 21.8 Å². The number of piperidine rings is 1. The van der Waals surface area contributed by atoms with E-state index in [1.807, 2.05) is 18.2 Å². The van der Waals surface area contributed by atoms with Crippen LogP contribution >= 0.6 is 11.6 Å². The number of likely N-dealkylation sites (tertiary alicyclic amines) is 2. The van der Waals surface area contributed by atoms with Crippen LogP contribution in [0.1, 0.15) is 74.2 Å². The lowest BCUT2D eigenvalue weighted by atomic mass is 10.0. The van der Waals surface area contributed by atoms with Gasteiger partial charge < -0.3 is 14.2 Å². The number of carbonyl (C=O) groups excluding carboxylic acids is 1. The molecule has 4 aromatic rings. The molecule has 1 aromatic heterocycles. The molecule has 6 rings (SSSR count). The van der Waals surface area contributed by atoms with E-state index in [-0.39, 0.29) is 11.9 Å². The van der Waals surface area contributed by atoms with Crippen molar-refractivity contribution in [1.29, 1.82) is 0 Å². The fourth-order valence-corrected chi connectivity index (χ4v) is 7.06. The number of hydrogen-bond acceptors (Lipinski definition) is 4. The minimum Gasteiger partial charge on any atom is -0.489 e. The number of ether oxygens (including phenoxy) is 1. The first-order valence-corrected chi connectivity index (χ1v) is 16.4. The SMILES string of the molecule is CCn1c2ccccc2c2cc(CN3CCC(Oc4cc(C(=O)CCCN5CCCCCC5)ccc4Cl)CC3)ccc21. The number of halogens is 1. The first kappa shape index (κ1) is 29.2. The van der Waals surface area contributed by atoms with E-state index < -0.39 is 0 Å². The molecular formula is C36H44ClN3O2. The smallest absolute Gasteiger partial charge is 0.163 e. The molecule has 0 bridgehead atoms. The van der Waals surface area contributed by atoms with Crippen LogP contribution in [0.2, 0.25) is 5.02 Å². The van der Waals surface area contributed by atoms with Crippen molar-refractivity contribution < 1.29 is 9.53 Å². The minimum atomic E-state index is 0.108. The van der Waals surface area contributed by atoms with Gasteiger partial charge >= 0.3 is 0 Å². The van der Waals surface area contributed by atoms with Crippen molar-refractivity contribution in [2.45, 2.75) is 77.5 Å². The minimum absolute atomic E-state index is 0.108. The van der Waals surface area contributed by atoms with Gasteiger partial charge in [-0.15, -0.1) is 0 Å². The normalized spacial score (nSPS) is 17.6. The van der Waals surface area contributed by atoms with Gasteiger partial charge in [0.15, 0.2) is 5.78 Å². The third-order valence-corrected chi connectivity index (χ3v) is 9.53. The van der Waals surface area contributed by atoms with Crippen LogP contribution in [0.5, 0.6) is 5.75 Å². The number of rotatable bonds is 10.